The zero-order valence-corrected chi connectivity index (χ0v) is 14.4. The number of nitrogens with zero attached hydrogens (tertiary/aromatic N) is 1. The number of benzene rings is 2. The fourth-order valence-electron chi connectivity index (χ4n) is 3.42. The predicted molar refractivity (Wildman–Crippen MR) is 98.8 cm³/mol. The third-order valence-electron chi connectivity index (χ3n) is 5.10. The monoisotopic (exact) mass is 307 g/mol. The summed E-state index contributed by atoms with van der Waals surface area (Å²) in [6, 6.07) is 19.9. The molecule has 1 saturated carbocycles. The van der Waals surface area contributed by atoms with E-state index in [4.69, 9.17) is 0 Å². The van der Waals surface area contributed by atoms with Crippen LogP contribution in [0.2, 0.25) is 0 Å². The molecule has 3 rings (SSSR count). The van der Waals surface area contributed by atoms with Crippen LogP contribution in [0, 0.1) is 12.8 Å². The van der Waals surface area contributed by atoms with Gasteiger partial charge in [0.2, 0.25) is 0 Å². The van der Waals surface area contributed by atoms with Gasteiger partial charge in [0.1, 0.15) is 0 Å². The van der Waals surface area contributed by atoms with Crippen LogP contribution < -0.4 is 0 Å². The molecule has 1 aliphatic rings. The van der Waals surface area contributed by atoms with E-state index in [2.05, 4.69) is 66.4 Å². The van der Waals surface area contributed by atoms with Gasteiger partial charge in [0.15, 0.2) is 0 Å². The minimum absolute atomic E-state index is 0.947. The highest BCUT2D eigenvalue weighted by atomic mass is 15.1. The topological polar surface area (TPSA) is 3.24 Å². The summed E-state index contributed by atoms with van der Waals surface area (Å²) in [5, 5.41) is 0. The first kappa shape index (κ1) is 16.3. The number of hydrogen-bond donors (Lipinski definition) is 0. The van der Waals surface area contributed by atoms with Crippen molar-refractivity contribution in [2.45, 2.75) is 39.0 Å². The highest BCUT2D eigenvalue weighted by molar-refractivity contribution is 5.22. The Morgan fingerprint density at radius 2 is 1.57 bits per heavy atom. The molecule has 1 aliphatic carbocycles. The van der Waals surface area contributed by atoms with Crippen LogP contribution in [0.5, 0.6) is 0 Å². The Morgan fingerprint density at radius 3 is 2.22 bits per heavy atom. The highest BCUT2D eigenvalue weighted by Gasteiger charge is 2.20. The quantitative estimate of drug-likeness (QED) is 0.671. The van der Waals surface area contributed by atoms with Crippen molar-refractivity contribution in [1.82, 2.24) is 4.90 Å². The molecule has 0 aliphatic heterocycles. The Balaban J connectivity index is 1.54. The van der Waals surface area contributed by atoms with E-state index in [9.17, 15) is 0 Å². The summed E-state index contributed by atoms with van der Waals surface area (Å²) in [6.07, 6.45) is 6.65. The Morgan fingerprint density at radius 1 is 0.870 bits per heavy atom. The molecule has 23 heavy (non-hydrogen) atoms. The molecule has 0 spiro atoms. The van der Waals surface area contributed by atoms with E-state index in [-0.39, 0.29) is 0 Å². The average molecular weight is 307 g/mol. The minimum atomic E-state index is 0.947. The van der Waals surface area contributed by atoms with E-state index >= 15 is 0 Å². The molecule has 0 N–H and O–H groups in total. The fraction of sp³-hybridized carbons (Fsp3) is 0.455. The van der Waals surface area contributed by atoms with Crippen molar-refractivity contribution in [3.8, 4) is 0 Å². The zero-order chi connectivity index (χ0) is 15.9. The van der Waals surface area contributed by atoms with Gasteiger partial charge in [-0.05, 0) is 49.7 Å². The first-order valence-corrected chi connectivity index (χ1v) is 9.11. The molecule has 0 atom stereocenters. The number of rotatable bonds is 8. The number of aryl methyl sites for hydroxylation is 1. The van der Waals surface area contributed by atoms with Crippen LogP contribution in [0.4, 0.5) is 0 Å². The molecular weight excluding hydrogens is 278 g/mol. The largest absolute Gasteiger partial charge is 0.302 e. The maximum atomic E-state index is 2.69. The van der Waals surface area contributed by atoms with Crippen molar-refractivity contribution in [1.29, 1.82) is 0 Å². The van der Waals surface area contributed by atoms with Crippen molar-refractivity contribution in [3.05, 3.63) is 71.3 Å². The molecule has 0 amide bonds. The van der Waals surface area contributed by atoms with Gasteiger partial charge in [0.05, 0.1) is 0 Å². The van der Waals surface area contributed by atoms with E-state index < -0.39 is 0 Å². The summed E-state index contributed by atoms with van der Waals surface area (Å²) in [4.78, 5) is 2.69. The Bertz CT molecular complexity index is 586. The lowest BCUT2D eigenvalue weighted by molar-refractivity contribution is 0.180. The predicted octanol–water partition coefficient (Wildman–Crippen LogP) is 4.88. The molecular formula is C22H29N. The van der Waals surface area contributed by atoms with Crippen LogP contribution in [0.15, 0.2) is 54.6 Å². The van der Waals surface area contributed by atoms with E-state index in [0.717, 1.165) is 5.92 Å². The third-order valence-corrected chi connectivity index (χ3v) is 5.10. The summed E-state index contributed by atoms with van der Waals surface area (Å²) < 4.78 is 0. The van der Waals surface area contributed by atoms with Crippen molar-refractivity contribution < 1.29 is 0 Å². The van der Waals surface area contributed by atoms with Crippen LogP contribution in [0.25, 0.3) is 0 Å². The number of hydrogen-bond acceptors (Lipinski definition) is 1. The molecule has 0 radical (unpaired) electrons. The zero-order valence-electron chi connectivity index (χ0n) is 14.4. The maximum absolute atomic E-state index is 2.69. The van der Waals surface area contributed by atoms with Crippen molar-refractivity contribution in [2.75, 3.05) is 19.6 Å². The smallest absolute Gasteiger partial charge is 0.00221 e. The standard InChI is InChI=1S/C22H29N/c1-19-7-5-10-21(17-19)14-16-23(18-22-11-6-12-22)15-13-20-8-3-2-4-9-20/h2-5,7-10,17,22H,6,11-16,18H2,1H3. The van der Waals surface area contributed by atoms with E-state index in [1.807, 2.05) is 0 Å². The molecule has 1 fully saturated rings. The van der Waals surface area contributed by atoms with Gasteiger partial charge in [-0.15, -0.1) is 0 Å². The van der Waals surface area contributed by atoms with Crippen LogP contribution in [-0.2, 0) is 12.8 Å². The molecule has 0 unspecified atom stereocenters. The Kier molecular flexibility index (Phi) is 5.87. The molecule has 0 saturated heterocycles. The molecule has 2 aromatic carbocycles. The van der Waals surface area contributed by atoms with Gasteiger partial charge in [-0.3, -0.25) is 0 Å². The van der Waals surface area contributed by atoms with Crippen LogP contribution >= 0.6 is 0 Å². The SMILES string of the molecule is Cc1cccc(CCN(CCc2ccccc2)CC2CCC2)c1. The molecule has 0 heterocycles. The lowest BCUT2D eigenvalue weighted by Crippen LogP contribution is -2.35. The van der Waals surface area contributed by atoms with Crippen LogP contribution in [0.1, 0.15) is 36.0 Å². The molecule has 122 valence electrons. The van der Waals surface area contributed by atoms with Gasteiger partial charge in [0.25, 0.3) is 0 Å². The van der Waals surface area contributed by atoms with Gasteiger partial charge in [-0.2, -0.15) is 0 Å². The van der Waals surface area contributed by atoms with Gasteiger partial charge < -0.3 is 4.90 Å². The molecule has 2 aromatic rings. The van der Waals surface area contributed by atoms with Crippen molar-refractivity contribution in [3.63, 3.8) is 0 Å². The minimum Gasteiger partial charge on any atom is -0.302 e. The lowest BCUT2D eigenvalue weighted by Gasteiger charge is -2.32. The molecule has 1 heteroatoms. The Labute approximate surface area is 141 Å². The van der Waals surface area contributed by atoms with E-state index in [0.29, 0.717) is 0 Å². The highest BCUT2D eigenvalue weighted by Crippen LogP contribution is 2.27. The summed E-state index contributed by atoms with van der Waals surface area (Å²) in [6.45, 7) is 5.85. The van der Waals surface area contributed by atoms with Crippen molar-refractivity contribution >= 4 is 0 Å². The van der Waals surface area contributed by atoms with Crippen LogP contribution in [0.3, 0.4) is 0 Å². The normalized spacial score (nSPS) is 14.9. The maximum Gasteiger partial charge on any atom is 0.00221 e. The van der Waals surface area contributed by atoms with Crippen molar-refractivity contribution in [2.24, 2.45) is 5.92 Å². The third kappa shape index (κ3) is 5.21. The van der Waals surface area contributed by atoms with Crippen LogP contribution in [-0.4, -0.2) is 24.5 Å². The van der Waals surface area contributed by atoms with Gasteiger partial charge >= 0.3 is 0 Å². The van der Waals surface area contributed by atoms with E-state index in [1.165, 1.54) is 68.4 Å². The summed E-state index contributed by atoms with van der Waals surface area (Å²) in [5.74, 6) is 0.947. The van der Waals surface area contributed by atoms with Gasteiger partial charge in [-0.1, -0.05) is 66.6 Å². The summed E-state index contributed by atoms with van der Waals surface area (Å²) in [7, 11) is 0. The average Bonchev–Trinajstić information content (AvgIpc) is 2.53. The summed E-state index contributed by atoms with van der Waals surface area (Å²) >= 11 is 0. The molecule has 1 nitrogen and oxygen atoms in total. The summed E-state index contributed by atoms with van der Waals surface area (Å²) in [5.41, 5.74) is 4.31. The van der Waals surface area contributed by atoms with E-state index in [1.54, 1.807) is 0 Å². The second-order valence-electron chi connectivity index (χ2n) is 7.07. The fourth-order valence-corrected chi connectivity index (χ4v) is 3.42. The second kappa shape index (κ2) is 8.31. The first-order chi connectivity index (χ1) is 11.3. The Hall–Kier alpha value is -1.60. The van der Waals surface area contributed by atoms with Gasteiger partial charge in [-0.25, -0.2) is 0 Å². The second-order valence-corrected chi connectivity index (χ2v) is 7.07. The molecule has 0 bridgehead atoms. The lowest BCUT2D eigenvalue weighted by atomic mass is 9.85. The van der Waals surface area contributed by atoms with Gasteiger partial charge in [0, 0.05) is 19.6 Å². The first-order valence-electron chi connectivity index (χ1n) is 9.11. The molecule has 0 aromatic heterocycles.